The quantitative estimate of drug-likeness (QED) is 0.0211. The van der Waals surface area contributed by atoms with Gasteiger partial charge in [-0.3, -0.25) is 9.59 Å². The smallest absolute Gasteiger partial charge is 0.407 e. The Hall–Kier alpha value is -2.43. The van der Waals surface area contributed by atoms with E-state index in [2.05, 4.69) is 55.3 Å². The van der Waals surface area contributed by atoms with Crippen molar-refractivity contribution in [1.82, 2.24) is 10.2 Å². The summed E-state index contributed by atoms with van der Waals surface area (Å²) in [6.07, 6.45) is 38.8. The average Bonchev–Trinajstić information content (AvgIpc) is 3.78. The maximum atomic E-state index is 13.0. The van der Waals surface area contributed by atoms with Gasteiger partial charge in [0.05, 0.1) is 12.3 Å². The summed E-state index contributed by atoms with van der Waals surface area (Å²) in [5, 5.41) is 2.83. The average molecular weight is 849 g/mol. The fourth-order valence-electron chi connectivity index (χ4n) is 7.18. The van der Waals surface area contributed by atoms with Crippen LogP contribution in [0.5, 0.6) is 0 Å². The summed E-state index contributed by atoms with van der Waals surface area (Å²) < 4.78 is 29.0. The number of hydrogen-bond donors (Lipinski definition) is 1. The number of allylic oxidation sites excluding steroid dienone is 4. The molecule has 350 valence electrons. The first-order valence-electron chi connectivity index (χ1n) is 25.0. The highest BCUT2D eigenvalue weighted by atomic mass is 16.7. The second-order valence-electron chi connectivity index (χ2n) is 16.9. The lowest BCUT2D eigenvalue weighted by molar-refractivity contribution is -0.161. The van der Waals surface area contributed by atoms with Gasteiger partial charge in [-0.05, 0) is 90.3 Å². The summed E-state index contributed by atoms with van der Waals surface area (Å²) in [5.41, 5.74) is 0. The Morgan fingerprint density at radius 2 is 1.03 bits per heavy atom. The van der Waals surface area contributed by atoms with E-state index in [-0.39, 0.29) is 38.2 Å². The first-order valence-corrected chi connectivity index (χ1v) is 25.0. The molecule has 1 aliphatic rings. The lowest BCUT2D eigenvalue weighted by Crippen LogP contribution is -2.32. The normalized spacial score (nSPS) is 13.8. The molecule has 0 aromatic carbocycles. The van der Waals surface area contributed by atoms with Crippen LogP contribution in [0.3, 0.4) is 0 Å². The molecule has 1 atom stereocenters. The molecule has 1 rings (SSSR count). The molecule has 0 saturated carbocycles. The number of carbonyl (C=O) groups is 3. The first-order chi connectivity index (χ1) is 29.5. The number of hydrogen-bond acceptors (Lipinski definition) is 9. The molecule has 10 heteroatoms. The Morgan fingerprint density at radius 3 is 1.63 bits per heavy atom. The lowest BCUT2D eigenvalue weighted by atomic mass is 10.1. The third-order valence-corrected chi connectivity index (χ3v) is 11.0. The van der Waals surface area contributed by atoms with Crippen molar-refractivity contribution in [2.24, 2.45) is 5.92 Å². The molecule has 1 aliphatic heterocycles. The zero-order chi connectivity index (χ0) is 43.4. The third-order valence-electron chi connectivity index (χ3n) is 11.0. The van der Waals surface area contributed by atoms with Crippen LogP contribution in [0, 0.1) is 5.92 Å². The molecular weight excluding hydrogens is 757 g/mol. The number of nitrogens with zero attached hydrogens (tertiary/aromatic N) is 1. The Balaban J connectivity index is 2.49. The van der Waals surface area contributed by atoms with Crippen LogP contribution in [0.1, 0.15) is 207 Å². The fourth-order valence-corrected chi connectivity index (χ4v) is 7.18. The molecule has 1 fully saturated rings. The van der Waals surface area contributed by atoms with Crippen LogP contribution < -0.4 is 5.32 Å². The van der Waals surface area contributed by atoms with Crippen LogP contribution in [0.25, 0.3) is 0 Å². The van der Waals surface area contributed by atoms with Gasteiger partial charge in [-0.2, -0.15) is 0 Å². The van der Waals surface area contributed by atoms with E-state index in [0.29, 0.717) is 32.6 Å². The van der Waals surface area contributed by atoms with Crippen LogP contribution in [0.2, 0.25) is 0 Å². The zero-order valence-electron chi connectivity index (χ0n) is 39.0. The second-order valence-corrected chi connectivity index (χ2v) is 16.9. The molecule has 60 heavy (non-hydrogen) atoms. The van der Waals surface area contributed by atoms with Crippen LogP contribution in [-0.2, 0) is 33.3 Å². The van der Waals surface area contributed by atoms with Crippen LogP contribution in [0.15, 0.2) is 24.3 Å². The van der Waals surface area contributed by atoms with Gasteiger partial charge in [0.25, 0.3) is 0 Å². The van der Waals surface area contributed by atoms with Gasteiger partial charge in [0.15, 0.2) is 6.29 Å². The molecule has 10 nitrogen and oxygen atoms in total. The minimum atomic E-state index is -0.517. The molecule has 0 aromatic heterocycles. The van der Waals surface area contributed by atoms with Gasteiger partial charge < -0.3 is 33.9 Å². The predicted molar refractivity (Wildman–Crippen MR) is 246 cm³/mol. The topological polar surface area (TPSA) is 113 Å². The van der Waals surface area contributed by atoms with E-state index in [1.165, 1.54) is 89.9 Å². The van der Waals surface area contributed by atoms with Gasteiger partial charge >= 0.3 is 18.0 Å². The first kappa shape index (κ1) is 55.6. The van der Waals surface area contributed by atoms with Crippen LogP contribution in [0.4, 0.5) is 4.79 Å². The van der Waals surface area contributed by atoms with E-state index in [9.17, 15) is 14.4 Å². The minimum absolute atomic E-state index is 0.0139. The van der Waals surface area contributed by atoms with Gasteiger partial charge in [0.2, 0.25) is 0 Å². The summed E-state index contributed by atoms with van der Waals surface area (Å²) in [6, 6.07) is 0. The van der Waals surface area contributed by atoms with E-state index in [1.807, 2.05) is 0 Å². The Kier molecular flexibility index (Phi) is 40.0. The number of amides is 1. The Morgan fingerprint density at radius 1 is 0.550 bits per heavy atom. The van der Waals surface area contributed by atoms with E-state index in [4.69, 9.17) is 23.7 Å². The van der Waals surface area contributed by atoms with E-state index < -0.39 is 18.3 Å². The largest absolute Gasteiger partial charge is 0.465 e. The highest BCUT2D eigenvalue weighted by Crippen LogP contribution is 2.14. The van der Waals surface area contributed by atoms with Crippen molar-refractivity contribution in [1.29, 1.82) is 0 Å². The third kappa shape index (κ3) is 37.3. The van der Waals surface area contributed by atoms with Gasteiger partial charge in [0.1, 0.15) is 19.8 Å². The summed E-state index contributed by atoms with van der Waals surface area (Å²) in [7, 11) is 0. The van der Waals surface area contributed by atoms with Gasteiger partial charge in [-0.15, -0.1) is 0 Å². The highest BCUT2D eigenvalue weighted by molar-refractivity contribution is 5.70. The van der Waals surface area contributed by atoms with Crippen LogP contribution >= 0.6 is 0 Å². The molecule has 1 unspecified atom stereocenters. The maximum Gasteiger partial charge on any atom is 0.407 e. The number of nitrogens with one attached hydrogen (secondary N) is 1. The molecular formula is C50H92N2O8. The van der Waals surface area contributed by atoms with Crippen molar-refractivity contribution in [2.75, 3.05) is 59.2 Å². The van der Waals surface area contributed by atoms with Gasteiger partial charge in [-0.25, -0.2) is 4.79 Å². The number of likely N-dealkylation sites (tertiary alicyclic amines) is 1. The molecule has 0 aromatic rings. The Bertz CT molecular complexity index is 1030. The molecule has 0 aliphatic carbocycles. The van der Waals surface area contributed by atoms with Crippen molar-refractivity contribution in [3.63, 3.8) is 0 Å². The SMILES string of the molecule is CCCCC/C=C\C/C=C\CCCCCCCC(=O)OCC(COC(=O)CCC(OCCCCCCCC)OCCCCCCCC)COC(=O)NCCCN1CCCC1. The molecule has 1 heterocycles. The van der Waals surface area contributed by atoms with Crippen LogP contribution in [-0.4, -0.2) is 88.4 Å². The van der Waals surface area contributed by atoms with E-state index in [1.54, 1.807) is 0 Å². The van der Waals surface area contributed by atoms with Crippen molar-refractivity contribution < 1.29 is 38.1 Å². The number of carbonyl (C=O) groups excluding carboxylic acids is 3. The van der Waals surface area contributed by atoms with Crippen molar-refractivity contribution in [3.05, 3.63) is 24.3 Å². The number of rotatable bonds is 43. The molecule has 0 spiro atoms. The summed E-state index contributed by atoms with van der Waals surface area (Å²) in [6.45, 7) is 11.6. The second kappa shape index (κ2) is 43.2. The van der Waals surface area contributed by atoms with Gasteiger partial charge in [-0.1, -0.05) is 141 Å². The predicted octanol–water partition coefficient (Wildman–Crippen LogP) is 12.6. The maximum absolute atomic E-state index is 13.0. The number of esters is 2. The van der Waals surface area contributed by atoms with Crippen molar-refractivity contribution >= 4 is 18.0 Å². The van der Waals surface area contributed by atoms with Gasteiger partial charge in [0, 0.05) is 32.6 Å². The molecule has 0 radical (unpaired) electrons. The summed E-state index contributed by atoms with van der Waals surface area (Å²) in [5.74, 6) is -1.13. The fraction of sp³-hybridized carbons (Fsp3) is 0.860. The minimum Gasteiger partial charge on any atom is -0.465 e. The van der Waals surface area contributed by atoms with E-state index in [0.717, 1.165) is 96.7 Å². The number of alkyl carbamates (subject to hydrolysis) is 1. The Labute approximate surface area is 368 Å². The zero-order valence-corrected chi connectivity index (χ0v) is 39.0. The number of ether oxygens (including phenoxy) is 5. The molecule has 0 bridgehead atoms. The van der Waals surface area contributed by atoms with Crippen molar-refractivity contribution in [2.45, 2.75) is 213 Å². The monoisotopic (exact) mass is 849 g/mol. The standard InChI is InChI=1S/C50H92N2O8/c1-4-7-10-13-16-17-18-19-20-21-22-23-24-25-28-34-47(53)58-43-46(45-60-50(55)51-37-33-40-52-38-29-30-39-52)44-59-48(54)35-36-49(56-41-31-26-14-11-8-5-2)57-42-32-27-15-12-9-6-3/h16-17,19-20,46,49H,4-15,18,21-45H2,1-3H3,(H,51,55)/b17-16-,20-19-. The van der Waals surface area contributed by atoms with E-state index >= 15 is 0 Å². The molecule has 1 saturated heterocycles. The lowest BCUT2D eigenvalue weighted by Gasteiger charge is -2.20. The van der Waals surface area contributed by atoms with Crippen molar-refractivity contribution in [3.8, 4) is 0 Å². The molecule has 1 amide bonds. The molecule has 1 N–H and O–H groups in total. The number of unbranched alkanes of at least 4 members (excludes halogenated alkanes) is 18. The summed E-state index contributed by atoms with van der Waals surface area (Å²) in [4.78, 5) is 40.6. The highest BCUT2D eigenvalue weighted by Gasteiger charge is 2.20. The summed E-state index contributed by atoms with van der Waals surface area (Å²) >= 11 is 0.